The molecule has 4 nitrogen and oxygen atoms in total. The van der Waals surface area contributed by atoms with Crippen molar-refractivity contribution in [1.82, 2.24) is 15.0 Å². The highest BCUT2D eigenvalue weighted by Crippen LogP contribution is 2.28. The van der Waals surface area contributed by atoms with Crippen LogP contribution < -0.4 is 0 Å². The second-order valence-corrected chi connectivity index (χ2v) is 4.40. The van der Waals surface area contributed by atoms with Crippen molar-refractivity contribution in [1.29, 1.82) is 0 Å². The minimum Gasteiger partial charge on any atom is -0.293 e. The quantitative estimate of drug-likeness (QED) is 0.762. The highest BCUT2D eigenvalue weighted by atomic mass is 32.2. The van der Waals surface area contributed by atoms with E-state index >= 15 is 0 Å². The zero-order valence-corrected chi connectivity index (χ0v) is 9.86. The summed E-state index contributed by atoms with van der Waals surface area (Å²) in [5.41, 5.74) is 0.427. The van der Waals surface area contributed by atoms with Gasteiger partial charge in [0, 0.05) is 18.9 Å². The van der Waals surface area contributed by atoms with Gasteiger partial charge in [-0.2, -0.15) is 0 Å². The van der Waals surface area contributed by atoms with Gasteiger partial charge >= 0.3 is 0 Å². The normalized spacial score (nSPS) is 10.4. The molecule has 0 fully saturated rings. The molecule has 16 heavy (non-hydrogen) atoms. The molecule has 0 aliphatic carbocycles. The number of benzene rings is 1. The number of Topliss-reactive ketones (excluding diaryl/α,β-unsaturated/α-hetero) is 1. The third-order valence-electron chi connectivity index (χ3n) is 2.07. The number of ketones is 1. The van der Waals surface area contributed by atoms with Crippen molar-refractivity contribution in [3.8, 4) is 0 Å². The number of nitrogens with zero attached hydrogens (tertiary/aromatic N) is 3. The van der Waals surface area contributed by atoms with Gasteiger partial charge in [0.15, 0.2) is 11.5 Å². The molecule has 0 aliphatic heterocycles. The summed E-state index contributed by atoms with van der Waals surface area (Å²) in [7, 11) is 1.78. The van der Waals surface area contributed by atoms with E-state index in [-0.39, 0.29) is 5.78 Å². The smallest absolute Gasteiger partial charge is 0.182 e. The van der Waals surface area contributed by atoms with Crippen LogP contribution in [0.1, 0.15) is 17.4 Å². The third kappa shape index (κ3) is 2.14. The van der Waals surface area contributed by atoms with Gasteiger partial charge in [-0.25, -0.2) is 4.68 Å². The zero-order valence-electron chi connectivity index (χ0n) is 9.04. The molecule has 0 atom stereocenters. The standard InChI is InChI=1S/C11H11N3OS/c1-8(15)10-11(14(2)13-12-10)16-9-6-4-3-5-7-9/h3-7H,1-2H3. The first-order chi connectivity index (χ1) is 7.68. The number of hydrogen-bond donors (Lipinski definition) is 0. The minimum atomic E-state index is -0.0634. The highest BCUT2D eigenvalue weighted by Gasteiger charge is 2.15. The van der Waals surface area contributed by atoms with E-state index in [0.29, 0.717) is 5.69 Å². The van der Waals surface area contributed by atoms with Crippen molar-refractivity contribution in [2.45, 2.75) is 16.8 Å². The Morgan fingerprint density at radius 3 is 2.62 bits per heavy atom. The summed E-state index contributed by atoms with van der Waals surface area (Å²) in [6.07, 6.45) is 0. The second-order valence-electron chi connectivity index (χ2n) is 3.34. The van der Waals surface area contributed by atoms with Crippen LogP contribution in [-0.2, 0) is 7.05 Å². The molecule has 0 bridgehead atoms. The zero-order chi connectivity index (χ0) is 11.5. The van der Waals surface area contributed by atoms with Crippen LogP contribution in [-0.4, -0.2) is 20.8 Å². The first-order valence-corrected chi connectivity index (χ1v) is 5.63. The molecule has 2 rings (SSSR count). The fourth-order valence-electron chi connectivity index (χ4n) is 1.28. The van der Waals surface area contributed by atoms with Crippen LogP contribution in [0.15, 0.2) is 40.3 Å². The average molecular weight is 233 g/mol. The molecule has 0 unspecified atom stereocenters. The lowest BCUT2D eigenvalue weighted by atomic mass is 10.3. The van der Waals surface area contributed by atoms with Crippen molar-refractivity contribution in [3.05, 3.63) is 36.0 Å². The molecule has 2 aromatic rings. The summed E-state index contributed by atoms with van der Waals surface area (Å²) in [4.78, 5) is 12.4. The molecular weight excluding hydrogens is 222 g/mol. The maximum absolute atomic E-state index is 11.3. The van der Waals surface area contributed by atoms with Crippen LogP contribution in [0.25, 0.3) is 0 Å². The Labute approximate surface area is 97.7 Å². The van der Waals surface area contributed by atoms with Crippen LogP contribution in [0.2, 0.25) is 0 Å². The van der Waals surface area contributed by atoms with Crippen LogP contribution in [0.4, 0.5) is 0 Å². The topological polar surface area (TPSA) is 47.8 Å². The van der Waals surface area contributed by atoms with Gasteiger partial charge in [-0.15, -0.1) is 5.10 Å². The molecule has 5 heteroatoms. The Kier molecular flexibility index (Phi) is 3.05. The number of carbonyl (C=O) groups excluding carboxylic acids is 1. The van der Waals surface area contributed by atoms with Crippen molar-refractivity contribution >= 4 is 17.5 Å². The predicted octanol–water partition coefficient (Wildman–Crippen LogP) is 2.17. The summed E-state index contributed by atoms with van der Waals surface area (Å²) in [6, 6.07) is 9.85. The molecular formula is C11H11N3OS. The predicted molar refractivity (Wildman–Crippen MR) is 61.6 cm³/mol. The lowest BCUT2D eigenvalue weighted by Gasteiger charge is -2.01. The molecule has 82 valence electrons. The maximum Gasteiger partial charge on any atom is 0.182 e. The van der Waals surface area contributed by atoms with Crippen molar-refractivity contribution < 1.29 is 4.79 Å². The fourth-order valence-corrected chi connectivity index (χ4v) is 2.25. The van der Waals surface area contributed by atoms with Gasteiger partial charge < -0.3 is 0 Å². The van der Waals surface area contributed by atoms with Gasteiger partial charge in [-0.05, 0) is 12.1 Å². The van der Waals surface area contributed by atoms with Gasteiger partial charge in [-0.1, -0.05) is 35.2 Å². The molecule has 1 aromatic heterocycles. The molecule has 1 heterocycles. The molecule has 0 aliphatic rings. The summed E-state index contributed by atoms with van der Waals surface area (Å²) in [5.74, 6) is -0.0634. The first kappa shape index (κ1) is 10.9. The number of rotatable bonds is 3. The van der Waals surface area contributed by atoms with E-state index in [4.69, 9.17) is 0 Å². The Morgan fingerprint density at radius 1 is 1.31 bits per heavy atom. The Bertz CT molecular complexity index is 507. The number of aryl methyl sites for hydroxylation is 1. The van der Waals surface area contributed by atoms with E-state index in [1.54, 1.807) is 11.7 Å². The maximum atomic E-state index is 11.3. The first-order valence-electron chi connectivity index (χ1n) is 4.82. The lowest BCUT2D eigenvalue weighted by Crippen LogP contribution is -1.97. The van der Waals surface area contributed by atoms with Crippen molar-refractivity contribution in [3.63, 3.8) is 0 Å². The Morgan fingerprint density at radius 2 is 2.00 bits per heavy atom. The largest absolute Gasteiger partial charge is 0.293 e. The SMILES string of the molecule is CC(=O)c1nnn(C)c1Sc1ccccc1. The second kappa shape index (κ2) is 4.49. The van der Waals surface area contributed by atoms with E-state index in [2.05, 4.69) is 10.3 Å². The molecule has 1 aromatic carbocycles. The van der Waals surface area contributed by atoms with Crippen LogP contribution in [0.3, 0.4) is 0 Å². The number of hydrogen-bond acceptors (Lipinski definition) is 4. The average Bonchev–Trinajstić information content (AvgIpc) is 2.62. The van der Waals surface area contributed by atoms with E-state index in [1.165, 1.54) is 18.7 Å². The van der Waals surface area contributed by atoms with Crippen molar-refractivity contribution in [2.24, 2.45) is 7.05 Å². The third-order valence-corrected chi connectivity index (χ3v) is 3.23. The molecule has 0 spiro atoms. The molecule has 0 radical (unpaired) electrons. The summed E-state index contributed by atoms with van der Waals surface area (Å²) >= 11 is 1.49. The van der Waals surface area contributed by atoms with Crippen molar-refractivity contribution in [2.75, 3.05) is 0 Å². The lowest BCUT2D eigenvalue weighted by molar-refractivity contribution is 0.101. The van der Waals surface area contributed by atoms with Gasteiger partial charge in [0.25, 0.3) is 0 Å². The Balaban J connectivity index is 2.34. The van der Waals surface area contributed by atoms with Gasteiger partial charge in [0.2, 0.25) is 0 Å². The summed E-state index contributed by atoms with van der Waals surface area (Å²) < 4.78 is 1.62. The number of carbonyl (C=O) groups is 1. The van der Waals surface area contributed by atoms with Gasteiger partial charge in [0.1, 0.15) is 5.03 Å². The summed E-state index contributed by atoms with van der Waals surface area (Å²) in [6.45, 7) is 1.50. The van der Waals surface area contributed by atoms with E-state index in [1.807, 2.05) is 30.3 Å². The van der Waals surface area contributed by atoms with E-state index < -0.39 is 0 Å². The minimum absolute atomic E-state index is 0.0634. The summed E-state index contributed by atoms with van der Waals surface area (Å²) in [5, 5.41) is 8.49. The fraction of sp³-hybridized carbons (Fsp3) is 0.182. The molecule has 0 amide bonds. The molecule has 0 N–H and O–H groups in total. The number of aromatic nitrogens is 3. The monoisotopic (exact) mass is 233 g/mol. The highest BCUT2D eigenvalue weighted by molar-refractivity contribution is 7.99. The van der Waals surface area contributed by atoms with Gasteiger partial charge in [-0.3, -0.25) is 4.79 Å². The van der Waals surface area contributed by atoms with E-state index in [9.17, 15) is 4.79 Å². The molecule has 0 saturated heterocycles. The van der Waals surface area contributed by atoms with Crippen LogP contribution in [0.5, 0.6) is 0 Å². The van der Waals surface area contributed by atoms with Crippen LogP contribution in [0, 0.1) is 0 Å². The van der Waals surface area contributed by atoms with E-state index in [0.717, 1.165) is 9.92 Å². The molecule has 0 saturated carbocycles. The van der Waals surface area contributed by atoms with Gasteiger partial charge in [0.05, 0.1) is 0 Å². The van der Waals surface area contributed by atoms with Crippen LogP contribution >= 0.6 is 11.8 Å². The Hall–Kier alpha value is -1.62.